The average Bonchev–Trinajstić information content (AvgIpc) is 3.14. The fraction of sp³-hybridized carbons (Fsp3) is 0.118. The molecule has 2 aromatic carbocycles. The zero-order chi connectivity index (χ0) is 14.2. The standard InChI is InChI=1S/C17H14ClN3.ClH/c18-12-6-7-14-13(10-12)15(17-19-8-9-20-17)16(21-14)11-4-2-1-3-5-11;/h1-7,10,21H,8-9H2,(H,19,20);1H. The van der Waals surface area contributed by atoms with Gasteiger partial charge in [-0.25, -0.2) is 0 Å². The molecule has 22 heavy (non-hydrogen) atoms. The van der Waals surface area contributed by atoms with E-state index < -0.39 is 0 Å². The van der Waals surface area contributed by atoms with Crippen molar-refractivity contribution in [2.24, 2.45) is 4.99 Å². The molecule has 1 aromatic heterocycles. The maximum Gasteiger partial charge on any atom is 0.131 e. The lowest BCUT2D eigenvalue weighted by molar-refractivity contribution is 0.960. The molecule has 112 valence electrons. The minimum atomic E-state index is 0. The van der Waals surface area contributed by atoms with Crippen molar-refractivity contribution in [3.8, 4) is 11.3 Å². The third-order valence-corrected chi connectivity index (χ3v) is 3.97. The van der Waals surface area contributed by atoms with Crippen molar-refractivity contribution in [2.45, 2.75) is 0 Å². The number of halogens is 2. The van der Waals surface area contributed by atoms with E-state index in [0.29, 0.717) is 0 Å². The number of nitrogens with one attached hydrogen (secondary N) is 2. The molecule has 4 rings (SSSR count). The molecule has 5 heteroatoms. The third kappa shape index (κ3) is 2.47. The van der Waals surface area contributed by atoms with Crippen LogP contribution in [0.5, 0.6) is 0 Å². The fourth-order valence-corrected chi connectivity index (χ4v) is 2.97. The third-order valence-electron chi connectivity index (χ3n) is 3.73. The van der Waals surface area contributed by atoms with Gasteiger partial charge in [0.05, 0.1) is 12.2 Å². The van der Waals surface area contributed by atoms with E-state index in [1.165, 1.54) is 0 Å². The molecule has 3 aromatic rings. The van der Waals surface area contributed by atoms with E-state index in [9.17, 15) is 0 Å². The minimum Gasteiger partial charge on any atom is -0.368 e. The first-order valence-corrected chi connectivity index (χ1v) is 7.36. The molecule has 1 aliphatic heterocycles. The first-order chi connectivity index (χ1) is 10.3. The van der Waals surface area contributed by atoms with E-state index in [1.54, 1.807) is 0 Å². The van der Waals surface area contributed by atoms with Crippen LogP contribution in [0.2, 0.25) is 5.02 Å². The summed E-state index contributed by atoms with van der Waals surface area (Å²) in [6.45, 7) is 1.70. The lowest BCUT2D eigenvalue weighted by Crippen LogP contribution is -2.19. The molecule has 2 N–H and O–H groups in total. The van der Waals surface area contributed by atoms with Crippen molar-refractivity contribution >= 4 is 40.7 Å². The Bertz CT molecular complexity index is 838. The van der Waals surface area contributed by atoms with Crippen molar-refractivity contribution in [3.63, 3.8) is 0 Å². The van der Waals surface area contributed by atoms with Gasteiger partial charge < -0.3 is 10.3 Å². The predicted octanol–water partition coefficient (Wildman–Crippen LogP) is 4.26. The van der Waals surface area contributed by atoms with E-state index in [2.05, 4.69) is 27.4 Å². The van der Waals surface area contributed by atoms with Crippen molar-refractivity contribution < 1.29 is 0 Å². The normalized spacial score (nSPS) is 13.6. The van der Waals surface area contributed by atoms with Crippen molar-refractivity contribution in [1.82, 2.24) is 10.3 Å². The molecule has 0 saturated heterocycles. The van der Waals surface area contributed by atoms with Gasteiger partial charge in [0.25, 0.3) is 0 Å². The Morgan fingerprint density at radius 1 is 1.05 bits per heavy atom. The maximum atomic E-state index is 6.18. The zero-order valence-corrected chi connectivity index (χ0v) is 13.3. The Kier molecular flexibility index (Phi) is 4.10. The quantitative estimate of drug-likeness (QED) is 0.723. The van der Waals surface area contributed by atoms with Crippen LogP contribution in [0.1, 0.15) is 5.56 Å². The van der Waals surface area contributed by atoms with Crippen LogP contribution in [0.3, 0.4) is 0 Å². The number of rotatable bonds is 2. The van der Waals surface area contributed by atoms with Crippen molar-refractivity contribution in [1.29, 1.82) is 0 Å². The van der Waals surface area contributed by atoms with Gasteiger partial charge in [0, 0.05) is 28.0 Å². The molecule has 0 amide bonds. The molecular weight excluding hydrogens is 317 g/mol. The van der Waals surface area contributed by atoms with Crippen molar-refractivity contribution in [2.75, 3.05) is 13.1 Å². The molecule has 3 nitrogen and oxygen atoms in total. The van der Waals surface area contributed by atoms with Crippen LogP contribution in [0.4, 0.5) is 0 Å². The van der Waals surface area contributed by atoms with Gasteiger partial charge in [0.15, 0.2) is 0 Å². The second kappa shape index (κ2) is 6.03. The number of aliphatic imine (C=N–C) groups is 1. The van der Waals surface area contributed by atoms with Gasteiger partial charge in [0.1, 0.15) is 5.84 Å². The molecule has 0 spiro atoms. The first-order valence-electron chi connectivity index (χ1n) is 6.98. The minimum absolute atomic E-state index is 0. The van der Waals surface area contributed by atoms with Gasteiger partial charge in [-0.15, -0.1) is 12.4 Å². The highest BCUT2D eigenvalue weighted by atomic mass is 35.5. The predicted molar refractivity (Wildman–Crippen MR) is 95.4 cm³/mol. The van der Waals surface area contributed by atoms with Crippen LogP contribution >= 0.6 is 24.0 Å². The Hall–Kier alpha value is -1.97. The Morgan fingerprint density at radius 2 is 1.86 bits per heavy atom. The van der Waals surface area contributed by atoms with Crippen LogP contribution in [-0.2, 0) is 0 Å². The summed E-state index contributed by atoms with van der Waals surface area (Å²) in [5.41, 5.74) is 4.41. The summed E-state index contributed by atoms with van der Waals surface area (Å²) in [6.07, 6.45) is 0. The molecular formula is C17H15Cl2N3. The van der Waals surface area contributed by atoms with Gasteiger partial charge in [-0.1, -0.05) is 41.9 Å². The van der Waals surface area contributed by atoms with Gasteiger partial charge in [-0.2, -0.15) is 0 Å². The van der Waals surface area contributed by atoms with Crippen LogP contribution in [0.15, 0.2) is 53.5 Å². The van der Waals surface area contributed by atoms with Crippen LogP contribution in [0, 0.1) is 0 Å². The van der Waals surface area contributed by atoms with Gasteiger partial charge in [-0.3, -0.25) is 4.99 Å². The number of hydrogen-bond acceptors (Lipinski definition) is 2. The number of fused-ring (bicyclic) bond motifs is 1. The zero-order valence-electron chi connectivity index (χ0n) is 11.8. The molecule has 0 radical (unpaired) electrons. The molecule has 0 bridgehead atoms. The van der Waals surface area contributed by atoms with Crippen LogP contribution < -0.4 is 5.32 Å². The van der Waals surface area contributed by atoms with E-state index in [-0.39, 0.29) is 12.4 Å². The summed E-state index contributed by atoms with van der Waals surface area (Å²) in [7, 11) is 0. The second-order valence-corrected chi connectivity index (χ2v) is 5.52. The molecule has 0 unspecified atom stereocenters. The summed E-state index contributed by atoms with van der Waals surface area (Å²) >= 11 is 6.18. The molecule has 0 aliphatic carbocycles. The Labute approximate surface area is 139 Å². The summed E-state index contributed by atoms with van der Waals surface area (Å²) in [6, 6.07) is 16.2. The first kappa shape index (κ1) is 14.9. The van der Waals surface area contributed by atoms with E-state index in [4.69, 9.17) is 11.6 Å². The average molecular weight is 332 g/mol. The van der Waals surface area contributed by atoms with Crippen LogP contribution in [0.25, 0.3) is 22.2 Å². The monoisotopic (exact) mass is 331 g/mol. The van der Waals surface area contributed by atoms with E-state index in [1.807, 2.05) is 36.4 Å². The highest BCUT2D eigenvalue weighted by Crippen LogP contribution is 2.32. The molecule has 0 saturated carbocycles. The van der Waals surface area contributed by atoms with Gasteiger partial charge in [-0.05, 0) is 23.8 Å². The number of hydrogen-bond donors (Lipinski definition) is 2. The Balaban J connectivity index is 0.00000144. The highest BCUT2D eigenvalue weighted by molar-refractivity contribution is 6.31. The fourth-order valence-electron chi connectivity index (χ4n) is 2.80. The number of nitrogens with zero attached hydrogens (tertiary/aromatic N) is 1. The van der Waals surface area contributed by atoms with E-state index in [0.717, 1.165) is 51.7 Å². The van der Waals surface area contributed by atoms with Gasteiger partial charge >= 0.3 is 0 Å². The smallest absolute Gasteiger partial charge is 0.131 e. The number of aromatic nitrogens is 1. The summed E-state index contributed by atoms with van der Waals surface area (Å²) < 4.78 is 0. The maximum absolute atomic E-state index is 6.18. The topological polar surface area (TPSA) is 40.2 Å². The molecule has 0 fully saturated rings. The Morgan fingerprint density at radius 3 is 2.59 bits per heavy atom. The lowest BCUT2D eigenvalue weighted by atomic mass is 10.0. The summed E-state index contributed by atoms with van der Waals surface area (Å²) in [5.74, 6) is 0.947. The van der Waals surface area contributed by atoms with Crippen LogP contribution in [-0.4, -0.2) is 23.9 Å². The highest BCUT2D eigenvalue weighted by Gasteiger charge is 2.19. The molecule has 2 heterocycles. The largest absolute Gasteiger partial charge is 0.368 e. The summed E-state index contributed by atoms with van der Waals surface area (Å²) in [5, 5.41) is 5.21. The van der Waals surface area contributed by atoms with Gasteiger partial charge in [0.2, 0.25) is 0 Å². The number of amidine groups is 1. The molecule has 1 aliphatic rings. The number of benzene rings is 2. The second-order valence-electron chi connectivity index (χ2n) is 5.09. The SMILES string of the molecule is Cl.Clc1ccc2[nH]c(-c3ccccc3)c(C3=NCCN3)c2c1. The van der Waals surface area contributed by atoms with Crippen molar-refractivity contribution in [3.05, 3.63) is 59.1 Å². The van der Waals surface area contributed by atoms with E-state index >= 15 is 0 Å². The number of aromatic amines is 1. The summed E-state index contributed by atoms with van der Waals surface area (Å²) in [4.78, 5) is 8.09. The lowest BCUT2D eigenvalue weighted by Gasteiger charge is -2.06. The number of H-pyrrole nitrogens is 1. The molecule has 0 atom stereocenters.